The Hall–Kier alpha value is -2.34. The van der Waals surface area contributed by atoms with Crippen LogP contribution in [0.3, 0.4) is 0 Å². The minimum Gasteiger partial charge on any atom is -0.483 e. The number of rotatable bonds is 8. The van der Waals surface area contributed by atoms with Crippen molar-refractivity contribution in [1.82, 2.24) is 5.32 Å². The van der Waals surface area contributed by atoms with Crippen LogP contribution >= 0.6 is 15.9 Å². The molecule has 2 rings (SSSR count). The zero-order valence-corrected chi connectivity index (χ0v) is 16.6. The highest BCUT2D eigenvalue weighted by atomic mass is 79.9. The summed E-state index contributed by atoms with van der Waals surface area (Å²) in [6, 6.07) is 12.5. The molecule has 0 atom stereocenters. The SMILES string of the molecule is CCCCNC(=O)c1cccc(NC(=O)COc2ccc(Br)cc2C)c1. The molecule has 2 aromatic carbocycles. The molecule has 0 aliphatic carbocycles. The van der Waals surface area contributed by atoms with Gasteiger partial charge < -0.3 is 15.4 Å². The average Bonchev–Trinajstić information content (AvgIpc) is 2.61. The molecule has 0 bridgehead atoms. The van der Waals surface area contributed by atoms with Crippen molar-refractivity contribution in [3.63, 3.8) is 0 Å². The lowest BCUT2D eigenvalue weighted by molar-refractivity contribution is -0.118. The van der Waals surface area contributed by atoms with E-state index >= 15 is 0 Å². The number of aryl methyl sites for hydroxylation is 1. The van der Waals surface area contributed by atoms with E-state index in [1.54, 1.807) is 24.3 Å². The van der Waals surface area contributed by atoms with E-state index in [-0.39, 0.29) is 18.4 Å². The summed E-state index contributed by atoms with van der Waals surface area (Å²) >= 11 is 3.39. The van der Waals surface area contributed by atoms with E-state index in [1.165, 1.54) is 0 Å². The number of ether oxygens (including phenoxy) is 1. The van der Waals surface area contributed by atoms with E-state index < -0.39 is 0 Å². The third-order valence-electron chi connectivity index (χ3n) is 3.72. The summed E-state index contributed by atoms with van der Waals surface area (Å²) in [6.45, 7) is 4.53. The topological polar surface area (TPSA) is 67.4 Å². The highest BCUT2D eigenvalue weighted by molar-refractivity contribution is 9.10. The van der Waals surface area contributed by atoms with Crippen LogP contribution in [0.1, 0.15) is 35.7 Å². The molecule has 0 saturated carbocycles. The first kappa shape index (κ1) is 20.0. The monoisotopic (exact) mass is 418 g/mol. The van der Waals surface area contributed by atoms with Crippen molar-refractivity contribution >= 4 is 33.4 Å². The number of carbonyl (C=O) groups is 2. The van der Waals surface area contributed by atoms with Gasteiger partial charge in [-0.05, 0) is 55.3 Å². The maximum absolute atomic E-state index is 12.1. The van der Waals surface area contributed by atoms with Crippen LogP contribution < -0.4 is 15.4 Å². The summed E-state index contributed by atoms with van der Waals surface area (Å²) in [5, 5.41) is 5.61. The first-order chi connectivity index (χ1) is 12.5. The Morgan fingerprint density at radius 1 is 1.15 bits per heavy atom. The van der Waals surface area contributed by atoms with Crippen LogP contribution in [0.2, 0.25) is 0 Å². The molecule has 0 aromatic heterocycles. The number of unbranched alkanes of at least 4 members (excludes halogenated alkanes) is 1. The average molecular weight is 419 g/mol. The summed E-state index contributed by atoms with van der Waals surface area (Å²) in [7, 11) is 0. The number of carbonyl (C=O) groups excluding carboxylic acids is 2. The molecule has 138 valence electrons. The van der Waals surface area contributed by atoms with Crippen LogP contribution in [0.5, 0.6) is 5.75 Å². The van der Waals surface area contributed by atoms with Crippen molar-refractivity contribution in [1.29, 1.82) is 0 Å². The van der Waals surface area contributed by atoms with Crippen molar-refractivity contribution in [3.8, 4) is 5.75 Å². The molecule has 26 heavy (non-hydrogen) atoms. The lowest BCUT2D eigenvalue weighted by atomic mass is 10.2. The van der Waals surface area contributed by atoms with Crippen molar-refractivity contribution in [2.75, 3.05) is 18.5 Å². The molecule has 0 heterocycles. The lowest BCUT2D eigenvalue weighted by Gasteiger charge is -2.11. The third-order valence-corrected chi connectivity index (χ3v) is 4.21. The summed E-state index contributed by atoms with van der Waals surface area (Å²) in [5.74, 6) is 0.236. The summed E-state index contributed by atoms with van der Waals surface area (Å²) < 4.78 is 6.52. The second-order valence-corrected chi connectivity index (χ2v) is 6.85. The Kier molecular flexibility index (Phi) is 7.66. The van der Waals surface area contributed by atoms with Gasteiger partial charge in [-0.3, -0.25) is 9.59 Å². The molecule has 0 radical (unpaired) electrons. The maximum Gasteiger partial charge on any atom is 0.262 e. The molecule has 0 fully saturated rings. The van der Waals surface area contributed by atoms with E-state index in [2.05, 4.69) is 33.5 Å². The number of halogens is 1. The Morgan fingerprint density at radius 3 is 2.69 bits per heavy atom. The van der Waals surface area contributed by atoms with Gasteiger partial charge in [-0.2, -0.15) is 0 Å². The molecule has 5 nitrogen and oxygen atoms in total. The van der Waals surface area contributed by atoms with Gasteiger partial charge in [-0.1, -0.05) is 35.3 Å². The molecule has 2 N–H and O–H groups in total. The van der Waals surface area contributed by atoms with E-state index in [1.807, 2.05) is 25.1 Å². The Morgan fingerprint density at radius 2 is 1.96 bits per heavy atom. The molecule has 0 spiro atoms. The number of benzene rings is 2. The Bertz CT molecular complexity index is 777. The molecule has 0 saturated heterocycles. The van der Waals surface area contributed by atoms with Gasteiger partial charge in [0.25, 0.3) is 11.8 Å². The predicted octanol–water partition coefficient (Wildman–Crippen LogP) is 4.30. The quantitative estimate of drug-likeness (QED) is 0.627. The van der Waals surface area contributed by atoms with Gasteiger partial charge in [0, 0.05) is 22.3 Å². The van der Waals surface area contributed by atoms with Gasteiger partial charge in [0.1, 0.15) is 5.75 Å². The van der Waals surface area contributed by atoms with Crippen LogP contribution in [0.15, 0.2) is 46.9 Å². The highest BCUT2D eigenvalue weighted by Crippen LogP contribution is 2.22. The largest absolute Gasteiger partial charge is 0.483 e. The Balaban J connectivity index is 1.90. The predicted molar refractivity (Wildman–Crippen MR) is 107 cm³/mol. The molecule has 6 heteroatoms. The molecule has 2 aromatic rings. The fourth-order valence-electron chi connectivity index (χ4n) is 2.33. The van der Waals surface area contributed by atoms with E-state index in [0.717, 1.165) is 22.9 Å². The summed E-state index contributed by atoms with van der Waals surface area (Å²) in [5.41, 5.74) is 2.02. The van der Waals surface area contributed by atoms with E-state index in [0.29, 0.717) is 23.5 Å². The van der Waals surface area contributed by atoms with Gasteiger partial charge in [0.2, 0.25) is 0 Å². The number of amides is 2. The van der Waals surface area contributed by atoms with Crippen molar-refractivity contribution in [3.05, 3.63) is 58.1 Å². The highest BCUT2D eigenvalue weighted by Gasteiger charge is 2.09. The van der Waals surface area contributed by atoms with Crippen LogP contribution in [0.4, 0.5) is 5.69 Å². The zero-order valence-electron chi connectivity index (χ0n) is 15.0. The Labute approximate surface area is 162 Å². The first-order valence-corrected chi connectivity index (χ1v) is 9.36. The summed E-state index contributed by atoms with van der Waals surface area (Å²) in [4.78, 5) is 24.2. The smallest absolute Gasteiger partial charge is 0.262 e. The number of hydrogen-bond acceptors (Lipinski definition) is 3. The van der Waals surface area contributed by atoms with Gasteiger partial charge in [-0.15, -0.1) is 0 Å². The fraction of sp³-hybridized carbons (Fsp3) is 0.300. The molecule has 0 aliphatic heterocycles. The first-order valence-electron chi connectivity index (χ1n) is 8.56. The minimum absolute atomic E-state index is 0.102. The second kappa shape index (κ2) is 9.97. The normalized spacial score (nSPS) is 10.3. The van der Waals surface area contributed by atoms with Crippen LogP contribution in [-0.2, 0) is 4.79 Å². The van der Waals surface area contributed by atoms with Gasteiger partial charge >= 0.3 is 0 Å². The van der Waals surface area contributed by atoms with Crippen molar-refractivity contribution in [2.24, 2.45) is 0 Å². The summed E-state index contributed by atoms with van der Waals surface area (Å²) in [6.07, 6.45) is 1.96. The molecular formula is C20H23BrN2O3. The van der Waals surface area contributed by atoms with E-state index in [9.17, 15) is 9.59 Å². The fourth-order valence-corrected chi connectivity index (χ4v) is 2.81. The lowest BCUT2D eigenvalue weighted by Crippen LogP contribution is -2.25. The molecular weight excluding hydrogens is 396 g/mol. The second-order valence-electron chi connectivity index (χ2n) is 5.94. The molecule has 2 amide bonds. The maximum atomic E-state index is 12.1. The number of anilines is 1. The number of nitrogens with one attached hydrogen (secondary N) is 2. The minimum atomic E-state index is -0.282. The van der Waals surface area contributed by atoms with Crippen molar-refractivity contribution in [2.45, 2.75) is 26.7 Å². The van der Waals surface area contributed by atoms with Gasteiger partial charge in [-0.25, -0.2) is 0 Å². The third kappa shape index (κ3) is 6.19. The van der Waals surface area contributed by atoms with Crippen LogP contribution in [0, 0.1) is 6.92 Å². The van der Waals surface area contributed by atoms with Crippen LogP contribution in [0.25, 0.3) is 0 Å². The molecule has 0 aliphatic rings. The van der Waals surface area contributed by atoms with E-state index in [4.69, 9.17) is 4.74 Å². The van der Waals surface area contributed by atoms with Gasteiger partial charge in [0.05, 0.1) is 0 Å². The van der Waals surface area contributed by atoms with Crippen molar-refractivity contribution < 1.29 is 14.3 Å². The van der Waals surface area contributed by atoms with Gasteiger partial charge in [0.15, 0.2) is 6.61 Å². The van der Waals surface area contributed by atoms with Crippen LogP contribution in [-0.4, -0.2) is 25.0 Å². The standard InChI is InChI=1S/C20H23BrN2O3/c1-3-4-10-22-20(25)15-6-5-7-17(12-15)23-19(24)13-26-18-9-8-16(21)11-14(18)2/h5-9,11-12H,3-4,10,13H2,1-2H3,(H,22,25)(H,23,24). The molecule has 0 unspecified atom stereocenters. The number of hydrogen-bond donors (Lipinski definition) is 2. The zero-order chi connectivity index (χ0) is 18.9.